The van der Waals surface area contributed by atoms with Gasteiger partial charge in [0.15, 0.2) is 0 Å². The quantitative estimate of drug-likeness (QED) is 0.792. The Kier molecular flexibility index (Phi) is 4.52. The van der Waals surface area contributed by atoms with Crippen molar-refractivity contribution in [2.45, 2.75) is 6.92 Å². The Balaban J connectivity index is 2.42. The van der Waals surface area contributed by atoms with E-state index in [0.717, 1.165) is 16.7 Å². The first-order chi connectivity index (χ1) is 8.77. The van der Waals surface area contributed by atoms with Crippen molar-refractivity contribution in [1.82, 2.24) is 0 Å². The first-order valence-corrected chi connectivity index (χ1v) is 7.60. The van der Waals surface area contributed by atoms with Gasteiger partial charge in [-0.3, -0.25) is 0 Å². The molecule has 0 fully saturated rings. The van der Waals surface area contributed by atoms with Crippen molar-refractivity contribution < 1.29 is 4.79 Å². The van der Waals surface area contributed by atoms with Crippen molar-refractivity contribution in [3.8, 4) is 0 Å². The molecule has 2 aromatic carbocycles. The third-order valence-electron chi connectivity index (χ3n) is 2.51. The number of benzene rings is 2. The molecule has 0 atom stereocenters. The summed E-state index contributed by atoms with van der Waals surface area (Å²) in [5, 5.41) is 0. The number of carbonyl (C=O) groups is 1. The molecule has 0 aliphatic heterocycles. The van der Waals surface area contributed by atoms with Crippen molar-refractivity contribution >= 4 is 25.2 Å². The van der Waals surface area contributed by atoms with Gasteiger partial charge in [-0.05, 0) is 0 Å². The van der Waals surface area contributed by atoms with E-state index in [1.54, 1.807) is 6.92 Å². The van der Waals surface area contributed by atoms with Crippen molar-refractivity contribution in [2.24, 2.45) is 0 Å². The van der Waals surface area contributed by atoms with E-state index in [9.17, 15) is 4.79 Å². The number of hydrogen-bond donors (Lipinski definition) is 0. The fourth-order valence-corrected chi connectivity index (χ4v) is 2.85. The normalized spacial score (nSPS) is 9.83. The van der Waals surface area contributed by atoms with Gasteiger partial charge in [0.1, 0.15) is 0 Å². The van der Waals surface area contributed by atoms with Crippen molar-refractivity contribution in [1.29, 1.82) is 0 Å². The van der Waals surface area contributed by atoms with Gasteiger partial charge < -0.3 is 0 Å². The van der Waals surface area contributed by atoms with Gasteiger partial charge in [0.25, 0.3) is 0 Å². The average molecular weight is 301 g/mol. The van der Waals surface area contributed by atoms with E-state index in [1.807, 2.05) is 36.4 Å². The summed E-state index contributed by atoms with van der Waals surface area (Å²) in [5.74, 6) is 0. The molecule has 1 nitrogen and oxygen atoms in total. The van der Waals surface area contributed by atoms with E-state index in [1.165, 1.54) is 0 Å². The Morgan fingerprint density at radius 1 is 0.889 bits per heavy atom. The second kappa shape index (κ2) is 6.34. The Morgan fingerprint density at radius 3 is 1.72 bits per heavy atom. The van der Waals surface area contributed by atoms with Crippen LogP contribution in [-0.4, -0.2) is 19.6 Å². The predicted octanol–water partition coefficient (Wildman–Crippen LogP) is 3.33. The van der Waals surface area contributed by atoms with E-state index in [4.69, 9.17) is 0 Å². The van der Waals surface area contributed by atoms with Crippen LogP contribution in [0.3, 0.4) is 0 Å². The molecule has 18 heavy (non-hydrogen) atoms. The summed E-state index contributed by atoms with van der Waals surface area (Å²) in [6, 6.07) is 20.4. The van der Waals surface area contributed by atoms with Crippen LogP contribution in [0.15, 0.2) is 65.6 Å². The molecule has 0 radical (unpaired) electrons. The third-order valence-corrected chi connectivity index (χ3v) is 3.95. The molecule has 0 saturated heterocycles. The van der Waals surface area contributed by atoms with Crippen LogP contribution < -0.4 is 0 Å². The van der Waals surface area contributed by atoms with Crippen LogP contribution in [0.5, 0.6) is 0 Å². The van der Waals surface area contributed by atoms with Gasteiger partial charge in [0.05, 0.1) is 0 Å². The zero-order chi connectivity index (χ0) is 12.8. The molecule has 0 saturated carbocycles. The van der Waals surface area contributed by atoms with Crippen LogP contribution in [0.2, 0.25) is 0 Å². The van der Waals surface area contributed by atoms with E-state index >= 15 is 0 Å². The molecule has 0 spiro atoms. The Bertz CT molecular complexity index is 502. The summed E-state index contributed by atoms with van der Waals surface area (Å²) in [6.07, 6.45) is 0. The molecule has 0 unspecified atom stereocenters. The summed E-state index contributed by atoms with van der Waals surface area (Å²) in [4.78, 5) is 13.3. The van der Waals surface area contributed by atoms with Gasteiger partial charge in [-0.2, -0.15) is 0 Å². The van der Waals surface area contributed by atoms with E-state index in [-0.39, 0.29) is 19.6 Å². The molecule has 0 aromatic heterocycles. The fourth-order valence-electron chi connectivity index (χ4n) is 1.68. The summed E-state index contributed by atoms with van der Waals surface area (Å²) >= 11 is -0.0962. The van der Waals surface area contributed by atoms with Gasteiger partial charge in [0.2, 0.25) is 0 Å². The SMILES string of the molecule is CC(=O)[Se]C=C(c1ccccc1)c1ccccc1. The van der Waals surface area contributed by atoms with Crippen LogP contribution in [0.25, 0.3) is 5.57 Å². The molecule has 90 valence electrons. The maximum atomic E-state index is 11.2. The summed E-state index contributed by atoms with van der Waals surface area (Å²) in [7, 11) is 0. The summed E-state index contributed by atoms with van der Waals surface area (Å²) in [5.41, 5.74) is 3.46. The number of rotatable bonds is 4. The second-order valence-corrected chi connectivity index (χ2v) is 6.07. The summed E-state index contributed by atoms with van der Waals surface area (Å²) < 4.78 is 0.242. The molecular formula is C16H14OSe. The summed E-state index contributed by atoms with van der Waals surface area (Å²) in [6.45, 7) is 1.64. The molecule has 0 heterocycles. The Hall–Kier alpha value is -1.63. The first kappa shape index (κ1) is 12.8. The van der Waals surface area contributed by atoms with Crippen LogP contribution >= 0.6 is 0 Å². The topological polar surface area (TPSA) is 17.1 Å². The Labute approximate surface area is 114 Å². The molecule has 2 aromatic rings. The second-order valence-electron chi connectivity index (χ2n) is 3.87. The third kappa shape index (κ3) is 3.43. The molecular weight excluding hydrogens is 287 g/mol. The van der Waals surface area contributed by atoms with E-state index < -0.39 is 0 Å². The van der Waals surface area contributed by atoms with Crippen LogP contribution in [-0.2, 0) is 4.79 Å². The first-order valence-electron chi connectivity index (χ1n) is 5.75. The molecule has 0 N–H and O–H groups in total. The maximum absolute atomic E-state index is 11.2. The number of carbonyl (C=O) groups excluding carboxylic acids is 1. The predicted molar refractivity (Wildman–Crippen MR) is 76.4 cm³/mol. The van der Waals surface area contributed by atoms with Gasteiger partial charge in [-0.25, -0.2) is 0 Å². The van der Waals surface area contributed by atoms with Crippen LogP contribution in [0.1, 0.15) is 18.1 Å². The molecule has 0 bridgehead atoms. The van der Waals surface area contributed by atoms with Gasteiger partial charge in [-0.15, -0.1) is 0 Å². The zero-order valence-corrected chi connectivity index (χ0v) is 11.9. The van der Waals surface area contributed by atoms with Crippen molar-refractivity contribution in [3.05, 3.63) is 76.8 Å². The van der Waals surface area contributed by atoms with Crippen molar-refractivity contribution in [3.63, 3.8) is 0 Å². The van der Waals surface area contributed by atoms with E-state index in [0.29, 0.717) is 0 Å². The fraction of sp³-hybridized carbons (Fsp3) is 0.0625. The zero-order valence-electron chi connectivity index (χ0n) is 10.2. The van der Waals surface area contributed by atoms with Gasteiger partial charge in [-0.1, -0.05) is 0 Å². The van der Waals surface area contributed by atoms with Crippen LogP contribution in [0.4, 0.5) is 0 Å². The van der Waals surface area contributed by atoms with E-state index in [2.05, 4.69) is 29.2 Å². The van der Waals surface area contributed by atoms with Crippen LogP contribution in [0, 0.1) is 0 Å². The minimum absolute atomic E-state index is 0.0962. The number of hydrogen-bond acceptors (Lipinski definition) is 1. The molecule has 0 amide bonds. The van der Waals surface area contributed by atoms with Crippen molar-refractivity contribution in [2.75, 3.05) is 0 Å². The van der Waals surface area contributed by atoms with Gasteiger partial charge in [0, 0.05) is 0 Å². The Morgan fingerprint density at radius 2 is 1.33 bits per heavy atom. The monoisotopic (exact) mass is 302 g/mol. The molecule has 2 heteroatoms. The minimum atomic E-state index is -0.0962. The van der Waals surface area contributed by atoms with Gasteiger partial charge >= 0.3 is 114 Å². The standard InChI is InChI=1S/C16H14OSe/c1-13(17)18-12-16(14-8-4-2-5-9-14)15-10-6-3-7-11-15/h2-12H,1H3. The average Bonchev–Trinajstić information content (AvgIpc) is 2.41. The molecule has 0 aliphatic carbocycles. The molecule has 2 rings (SSSR count). The molecule has 0 aliphatic rings.